The van der Waals surface area contributed by atoms with Gasteiger partial charge in [-0.2, -0.15) is 0 Å². The van der Waals surface area contributed by atoms with Crippen LogP contribution < -0.4 is 11.5 Å². The first-order chi connectivity index (χ1) is 6.53. The van der Waals surface area contributed by atoms with Crippen LogP contribution in [0, 0.1) is 6.92 Å². The normalized spacial score (nSPS) is 11.7. The topological polar surface area (TPSA) is 52.0 Å². The minimum atomic E-state index is -0.266. The zero-order chi connectivity index (χ0) is 10.8. The Morgan fingerprint density at radius 3 is 2.21 bits per heavy atom. The van der Waals surface area contributed by atoms with Gasteiger partial charge in [0.05, 0.1) is 0 Å². The van der Waals surface area contributed by atoms with E-state index in [-0.39, 0.29) is 5.54 Å². The highest BCUT2D eigenvalue weighted by Gasteiger charge is 2.24. The van der Waals surface area contributed by atoms with E-state index in [1.165, 1.54) is 5.56 Å². The summed E-state index contributed by atoms with van der Waals surface area (Å²) in [5.41, 5.74) is 15.1. The van der Waals surface area contributed by atoms with Crippen molar-refractivity contribution in [2.75, 3.05) is 5.73 Å². The first kappa shape index (κ1) is 11.1. The van der Waals surface area contributed by atoms with E-state index >= 15 is 0 Å². The van der Waals surface area contributed by atoms with Crippen LogP contribution in [0.15, 0.2) is 18.2 Å². The molecule has 0 bridgehead atoms. The van der Waals surface area contributed by atoms with E-state index in [9.17, 15) is 0 Å². The molecule has 0 aliphatic rings. The minimum Gasteiger partial charge on any atom is -0.398 e. The molecule has 0 fully saturated rings. The van der Waals surface area contributed by atoms with E-state index in [2.05, 4.69) is 26.0 Å². The number of benzene rings is 1. The number of nitrogen functional groups attached to an aromatic ring is 1. The highest BCUT2D eigenvalue weighted by Crippen LogP contribution is 2.30. The molecule has 0 aliphatic heterocycles. The van der Waals surface area contributed by atoms with Gasteiger partial charge in [-0.25, -0.2) is 0 Å². The second-order valence-corrected chi connectivity index (χ2v) is 3.95. The molecule has 0 atom stereocenters. The molecule has 2 nitrogen and oxygen atoms in total. The first-order valence-corrected chi connectivity index (χ1v) is 5.19. The standard InChI is InChI=1S/C12H20N2/c1-4-12(14,5-2)10-7-6-9(3)8-11(10)13/h6-8H,4-5,13-14H2,1-3H3. The van der Waals surface area contributed by atoms with Gasteiger partial charge < -0.3 is 11.5 Å². The SMILES string of the molecule is CCC(N)(CC)c1ccc(C)cc1N. The van der Waals surface area contributed by atoms with Crippen molar-refractivity contribution in [2.45, 2.75) is 39.2 Å². The highest BCUT2D eigenvalue weighted by atomic mass is 14.8. The quantitative estimate of drug-likeness (QED) is 0.723. The Hall–Kier alpha value is -1.02. The lowest BCUT2D eigenvalue weighted by Crippen LogP contribution is -2.35. The monoisotopic (exact) mass is 192 g/mol. The summed E-state index contributed by atoms with van der Waals surface area (Å²) < 4.78 is 0. The van der Waals surface area contributed by atoms with E-state index in [0.29, 0.717) is 0 Å². The molecule has 0 aliphatic carbocycles. The zero-order valence-corrected chi connectivity index (χ0v) is 9.30. The van der Waals surface area contributed by atoms with Gasteiger partial charge in [-0.15, -0.1) is 0 Å². The van der Waals surface area contributed by atoms with Crippen molar-refractivity contribution < 1.29 is 0 Å². The third-order valence-electron chi connectivity index (χ3n) is 3.01. The van der Waals surface area contributed by atoms with Crippen LogP contribution in [0.1, 0.15) is 37.8 Å². The Balaban J connectivity index is 3.17. The molecule has 0 spiro atoms. The number of rotatable bonds is 3. The van der Waals surface area contributed by atoms with Crippen molar-refractivity contribution >= 4 is 5.69 Å². The number of anilines is 1. The Kier molecular flexibility index (Phi) is 3.17. The van der Waals surface area contributed by atoms with Crippen molar-refractivity contribution in [3.8, 4) is 0 Å². The first-order valence-electron chi connectivity index (χ1n) is 5.19. The molecule has 0 saturated carbocycles. The van der Waals surface area contributed by atoms with Crippen molar-refractivity contribution in [3.05, 3.63) is 29.3 Å². The van der Waals surface area contributed by atoms with Crippen LogP contribution in [0.2, 0.25) is 0 Å². The molecule has 1 rings (SSSR count). The summed E-state index contributed by atoms with van der Waals surface area (Å²) >= 11 is 0. The minimum absolute atomic E-state index is 0.266. The Labute approximate surface area is 86.3 Å². The predicted octanol–water partition coefficient (Wildman–Crippen LogP) is 2.55. The van der Waals surface area contributed by atoms with Crippen molar-refractivity contribution in [1.29, 1.82) is 0 Å². The second-order valence-electron chi connectivity index (χ2n) is 3.95. The maximum Gasteiger partial charge on any atom is 0.0424 e. The zero-order valence-electron chi connectivity index (χ0n) is 9.30. The largest absolute Gasteiger partial charge is 0.398 e. The number of hydrogen-bond donors (Lipinski definition) is 2. The van der Waals surface area contributed by atoms with Gasteiger partial charge in [0.25, 0.3) is 0 Å². The summed E-state index contributed by atoms with van der Waals surface area (Å²) in [5.74, 6) is 0. The Morgan fingerprint density at radius 2 is 1.79 bits per heavy atom. The maximum absolute atomic E-state index is 6.29. The Morgan fingerprint density at radius 1 is 1.21 bits per heavy atom. The molecular formula is C12H20N2. The molecule has 0 saturated heterocycles. The van der Waals surface area contributed by atoms with Crippen LogP contribution in [0.3, 0.4) is 0 Å². The van der Waals surface area contributed by atoms with Gasteiger partial charge >= 0.3 is 0 Å². The third-order valence-corrected chi connectivity index (χ3v) is 3.01. The smallest absolute Gasteiger partial charge is 0.0424 e. The van der Waals surface area contributed by atoms with Gasteiger partial charge in [0.2, 0.25) is 0 Å². The summed E-state index contributed by atoms with van der Waals surface area (Å²) in [5, 5.41) is 0. The fraction of sp³-hybridized carbons (Fsp3) is 0.500. The fourth-order valence-corrected chi connectivity index (χ4v) is 1.77. The average molecular weight is 192 g/mol. The Bertz CT molecular complexity index is 314. The lowest BCUT2D eigenvalue weighted by atomic mass is 9.84. The van der Waals surface area contributed by atoms with Gasteiger partial charge in [-0.05, 0) is 37.0 Å². The van der Waals surface area contributed by atoms with Gasteiger partial charge in [-0.3, -0.25) is 0 Å². The summed E-state index contributed by atoms with van der Waals surface area (Å²) in [6, 6.07) is 6.11. The van der Waals surface area contributed by atoms with E-state index in [1.807, 2.05) is 13.0 Å². The molecule has 0 heterocycles. The molecule has 0 amide bonds. The lowest BCUT2D eigenvalue weighted by Gasteiger charge is -2.28. The summed E-state index contributed by atoms with van der Waals surface area (Å²) in [7, 11) is 0. The molecular weight excluding hydrogens is 172 g/mol. The fourth-order valence-electron chi connectivity index (χ4n) is 1.77. The lowest BCUT2D eigenvalue weighted by molar-refractivity contribution is 0.414. The summed E-state index contributed by atoms with van der Waals surface area (Å²) in [6.45, 7) is 6.24. The number of hydrogen-bond acceptors (Lipinski definition) is 2. The molecule has 1 aromatic rings. The molecule has 0 radical (unpaired) electrons. The van der Waals surface area contributed by atoms with E-state index < -0.39 is 0 Å². The molecule has 14 heavy (non-hydrogen) atoms. The second kappa shape index (κ2) is 4.01. The van der Waals surface area contributed by atoms with Gasteiger partial charge in [0.15, 0.2) is 0 Å². The van der Waals surface area contributed by atoms with E-state index in [1.54, 1.807) is 0 Å². The molecule has 2 heteroatoms. The van der Waals surface area contributed by atoms with E-state index in [0.717, 1.165) is 24.1 Å². The van der Waals surface area contributed by atoms with Gasteiger partial charge in [-0.1, -0.05) is 26.0 Å². The summed E-state index contributed by atoms with van der Waals surface area (Å²) in [4.78, 5) is 0. The molecule has 1 aromatic carbocycles. The van der Waals surface area contributed by atoms with Crippen LogP contribution in [-0.2, 0) is 5.54 Å². The number of aryl methyl sites for hydroxylation is 1. The number of nitrogens with two attached hydrogens (primary N) is 2. The molecule has 4 N–H and O–H groups in total. The van der Waals surface area contributed by atoms with Crippen LogP contribution >= 0.6 is 0 Å². The van der Waals surface area contributed by atoms with Crippen molar-refractivity contribution in [3.63, 3.8) is 0 Å². The van der Waals surface area contributed by atoms with Crippen LogP contribution in [0.4, 0.5) is 5.69 Å². The maximum atomic E-state index is 6.29. The van der Waals surface area contributed by atoms with Crippen LogP contribution in [-0.4, -0.2) is 0 Å². The average Bonchev–Trinajstić information content (AvgIpc) is 2.17. The van der Waals surface area contributed by atoms with Crippen LogP contribution in [0.25, 0.3) is 0 Å². The van der Waals surface area contributed by atoms with Crippen molar-refractivity contribution in [2.24, 2.45) is 5.73 Å². The summed E-state index contributed by atoms with van der Waals surface area (Å²) in [6.07, 6.45) is 1.83. The molecule has 0 aromatic heterocycles. The third kappa shape index (κ3) is 1.90. The molecule has 0 unspecified atom stereocenters. The highest BCUT2D eigenvalue weighted by molar-refractivity contribution is 5.52. The molecule has 78 valence electrons. The van der Waals surface area contributed by atoms with Gasteiger partial charge in [0.1, 0.15) is 0 Å². The van der Waals surface area contributed by atoms with Crippen molar-refractivity contribution in [1.82, 2.24) is 0 Å². The van der Waals surface area contributed by atoms with Crippen LogP contribution in [0.5, 0.6) is 0 Å². The van der Waals surface area contributed by atoms with Gasteiger partial charge in [0, 0.05) is 11.2 Å². The van der Waals surface area contributed by atoms with E-state index in [4.69, 9.17) is 11.5 Å². The predicted molar refractivity (Wildman–Crippen MR) is 62.0 cm³/mol.